The van der Waals surface area contributed by atoms with Gasteiger partial charge in [-0.25, -0.2) is 0 Å². The highest BCUT2D eigenvalue weighted by Crippen LogP contribution is 2.25. The van der Waals surface area contributed by atoms with Gasteiger partial charge >= 0.3 is 0 Å². The summed E-state index contributed by atoms with van der Waals surface area (Å²) < 4.78 is 0. The van der Waals surface area contributed by atoms with Crippen molar-refractivity contribution in [3.8, 4) is 11.8 Å². The van der Waals surface area contributed by atoms with Crippen molar-refractivity contribution >= 4 is 5.91 Å². The lowest BCUT2D eigenvalue weighted by atomic mass is 10.0. The molecule has 3 nitrogen and oxygen atoms in total. The van der Waals surface area contributed by atoms with E-state index in [1.165, 1.54) is 25.7 Å². The number of carbonyl (C=O) groups excluding carboxylic acids is 1. The first-order valence-corrected chi connectivity index (χ1v) is 7.67. The number of carbonyl (C=O) groups is 1. The third-order valence-electron chi connectivity index (χ3n) is 4.16. The molecule has 0 bridgehead atoms. The summed E-state index contributed by atoms with van der Waals surface area (Å²) >= 11 is 0. The van der Waals surface area contributed by atoms with Crippen LogP contribution in [0.15, 0.2) is 18.2 Å². The van der Waals surface area contributed by atoms with Crippen LogP contribution < -0.4 is 5.73 Å². The molecular formula is C18H24N2O. The Morgan fingerprint density at radius 3 is 2.76 bits per heavy atom. The Labute approximate surface area is 127 Å². The lowest BCUT2D eigenvalue weighted by molar-refractivity contribution is 0.0772. The summed E-state index contributed by atoms with van der Waals surface area (Å²) in [6.45, 7) is 3.16. The Hall–Kier alpha value is -1.79. The molecule has 0 unspecified atom stereocenters. The van der Waals surface area contributed by atoms with Crippen LogP contribution in [0.25, 0.3) is 0 Å². The summed E-state index contributed by atoms with van der Waals surface area (Å²) in [7, 11) is 1.90. The molecule has 112 valence electrons. The van der Waals surface area contributed by atoms with Gasteiger partial charge in [-0.15, -0.1) is 0 Å². The maximum Gasteiger partial charge on any atom is 0.253 e. The molecule has 0 spiro atoms. The van der Waals surface area contributed by atoms with Gasteiger partial charge in [0.25, 0.3) is 5.91 Å². The molecule has 0 atom stereocenters. The van der Waals surface area contributed by atoms with Crippen molar-refractivity contribution in [2.75, 3.05) is 20.1 Å². The van der Waals surface area contributed by atoms with Gasteiger partial charge in [0.05, 0.1) is 6.54 Å². The van der Waals surface area contributed by atoms with Crippen LogP contribution in [0, 0.1) is 24.7 Å². The fourth-order valence-electron chi connectivity index (χ4n) is 2.95. The Bertz CT molecular complexity index is 562. The largest absolute Gasteiger partial charge is 0.341 e. The van der Waals surface area contributed by atoms with Crippen molar-refractivity contribution in [2.45, 2.75) is 32.6 Å². The maximum absolute atomic E-state index is 12.6. The molecule has 2 rings (SSSR count). The van der Waals surface area contributed by atoms with E-state index in [1.807, 2.05) is 37.1 Å². The smallest absolute Gasteiger partial charge is 0.253 e. The number of nitrogens with zero attached hydrogens (tertiary/aromatic N) is 1. The van der Waals surface area contributed by atoms with Crippen LogP contribution in [0.4, 0.5) is 0 Å². The van der Waals surface area contributed by atoms with Crippen molar-refractivity contribution < 1.29 is 4.79 Å². The standard InChI is InChI=1S/C18H24N2O/c1-14-9-10-15(8-5-11-19)12-17(14)18(21)20(2)13-16-6-3-4-7-16/h9-10,12,16H,3-4,6-7,11,13,19H2,1-2H3. The van der Waals surface area contributed by atoms with Gasteiger partial charge in [-0.3, -0.25) is 4.79 Å². The van der Waals surface area contributed by atoms with Crippen molar-refractivity contribution in [2.24, 2.45) is 11.7 Å². The fraction of sp³-hybridized carbons (Fsp3) is 0.500. The molecule has 1 aromatic carbocycles. The molecule has 1 aliphatic carbocycles. The first-order valence-electron chi connectivity index (χ1n) is 7.67. The first-order chi connectivity index (χ1) is 10.1. The minimum Gasteiger partial charge on any atom is -0.341 e. The second-order valence-electron chi connectivity index (χ2n) is 5.87. The third-order valence-corrected chi connectivity index (χ3v) is 4.16. The Morgan fingerprint density at radius 1 is 1.38 bits per heavy atom. The molecule has 1 amide bonds. The number of hydrogen-bond acceptors (Lipinski definition) is 2. The lowest BCUT2D eigenvalue weighted by Gasteiger charge is -2.22. The van der Waals surface area contributed by atoms with Gasteiger partial charge in [-0.05, 0) is 43.4 Å². The van der Waals surface area contributed by atoms with E-state index in [4.69, 9.17) is 5.73 Å². The zero-order valence-electron chi connectivity index (χ0n) is 13.0. The zero-order chi connectivity index (χ0) is 15.2. The summed E-state index contributed by atoms with van der Waals surface area (Å²) in [6.07, 6.45) is 5.10. The number of rotatable bonds is 3. The van der Waals surface area contributed by atoms with E-state index in [0.717, 1.165) is 23.2 Å². The SMILES string of the molecule is Cc1ccc(C#CCN)cc1C(=O)N(C)CC1CCCC1. The number of amides is 1. The minimum absolute atomic E-state index is 0.0933. The van der Waals surface area contributed by atoms with Crippen LogP contribution in [0.3, 0.4) is 0 Å². The zero-order valence-corrected chi connectivity index (χ0v) is 13.0. The summed E-state index contributed by atoms with van der Waals surface area (Å²) in [6, 6.07) is 5.77. The van der Waals surface area contributed by atoms with Crippen LogP contribution in [-0.4, -0.2) is 30.9 Å². The van der Waals surface area contributed by atoms with Crippen molar-refractivity contribution in [1.29, 1.82) is 0 Å². The molecule has 0 saturated heterocycles. The predicted molar refractivity (Wildman–Crippen MR) is 86.0 cm³/mol. The normalized spacial score (nSPS) is 14.6. The summed E-state index contributed by atoms with van der Waals surface area (Å²) in [5.74, 6) is 6.58. The fourth-order valence-corrected chi connectivity index (χ4v) is 2.95. The summed E-state index contributed by atoms with van der Waals surface area (Å²) in [5.41, 5.74) is 7.99. The van der Waals surface area contributed by atoms with Gasteiger partial charge in [0, 0.05) is 24.7 Å². The number of nitrogens with two attached hydrogens (primary N) is 1. The van der Waals surface area contributed by atoms with Crippen molar-refractivity contribution in [3.05, 3.63) is 34.9 Å². The predicted octanol–water partition coefficient (Wildman–Crippen LogP) is 2.57. The number of hydrogen-bond donors (Lipinski definition) is 1. The summed E-state index contributed by atoms with van der Waals surface area (Å²) in [4.78, 5) is 14.5. The molecule has 1 fully saturated rings. The van der Waals surface area contributed by atoms with E-state index in [2.05, 4.69) is 11.8 Å². The first kappa shape index (κ1) is 15.6. The molecular weight excluding hydrogens is 260 g/mol. The van der Waals surface area contributed by atoms with Crippen LogP contribution in [-0.2, 0) is 0 Å². The van der Waals surface area contributed by atoms with Crippen LogP contribution in [0.2, 0.25) is 0 Å². The van der Waals surface area contributed by atoms with Crippen LogP contribution >= 0.6 is 0 Å². The highest BCUT2D eigenvalue weighted by molar-refractivity contribution is 5.95. The molecule has 0 aliphatic heterocycles. The maximum atomic E-state index is 12.6. The molecule has 1 aromatic rings. The van der Waals surface area contributed by atoms with Gasteiger partial charge in [0.2, 0.25) is 0 Å². The van der Waals surface area contributed by atoms with Crippen LogP contribution in [0.1, 0.15) is 47.2 Å². The second-order valence-corrected chi connectivity index (χ2v) is 5.87. The minimum atomic E-state index is 0.0933. The second kappa shape index (κ2) is 7.28. The third kappa shape index (κ3) is 4.09. The molecule has 21 heavy (non-hydrogen) atoms. The van der Waals surface area contributed by atoms with Crippen molar-refractivity contribution in [1.82, 2.24) is 4.90 Å². The molecule has 0 aromatic heterocycles. The average molecular weight is 284 g/mol. The topological polar surface area (TPSA) is 46.3 Å². The Kier molecular flexibility index (Phi) is 5.41. The number of benzene rings is 1. The average Bonchev–Trinajstić information content (AvgIpc) is 2.98. The van der Waals surface area contributed by atoms with E-state index < -0.39 is 0 Å². The molecule has 0 heterocycles. The monoisotopic (exact) mass is 284 g/mol. The molecule has 1 aliphatic rings. The van der Waals surface area contributed by atoms with Crippen molar-refractivity contribution in [3.63, 3.8) is 0 Å². The molecule has 3 heteroatoms. The van der Waals surface area contributed by atoms with Gasteiger partial charge in [0.1, 0.15) is 0 Å². The Morgan fingerprint density at radius 2 is 2.10 bits per heavy atom. The van der Waals surface area contributed by atoms with Crippen LogP contribution in [0.5, 0.6) is 0 Å². The molecule has 1 saturated carbocycles. The van der Waals surface area contributed by atoms with Gasteiger partial charge in [-0.2, -0.15) is 0 Å². The summed E-state index contributed by atoms with van der Waals surface area (Å²) in [5, 5.41) is 0. The van der Waals surface area contributed by atoms with E-state index in [-0.39, 0.29) is 5.91 Å². The number of aryl methyl sites for hydroxylation is 1. The van der Waals surface area contributed by atoms with E-state index >= 15 is 0 Å². The van der Waals surface area contributed by atoms with E-state index in [1.54, 1.807) is 0 Å². The molecule has 2 N–H and O–H groups in total. The quantitative estimate of drug-likeness (QED) is 0.867. The molecule has 0 radical (unpaired) electrons. The van der Waals surface area contributed by atoms with Gasteiger partial charge in [0.15, 0.2) is 0 Å². The highest BCUT2D eigenvalue weighted by Gasteiger charge is 2.21. The highest BCUT2D eigenvalue weighted by atomic mass is 16.2. The lowest BCUT2D eigenvalue weighted by Crippen LogP contribution is -2.31. The van der Waals surface area contributed by atoms with E-state index in [0.29, 0.717) is 12.5 Å². The van der Waals surface area contributed by atoms with E-state index in [9.17, 15) is 4.79 Å². The Balaban J connectivity index is 2.13. The van der Waals surface area contributed by atoms with Gasteiger partial charge in [-0.1, -0.05) is 30.7 Å². The van der Waals surface area contributed by atoms with Gasteiger partial charge < -0.3 is 10.6 Å².